The third kappa shape index (κ3) is 5.23. The van der Waals surface area contributed by atoms with Crippen molar-refractivity contribution in [3.63, 3.8) is 0 Å². The Morgan fingerprint density at radius 3 is 2.71 bits per heavy atom. The lowest BCUT2D eigenvalue weighted by Crippen LogP contribution is -2.45. The first-order chi connectivity index (χ1) is 18.2. The van der Waals surface area contributed by atoms with E-state index in [1.54, 1.807) is 24.3 Å². The summed E-state index contributed by atoms with van der Waals surface area (Å²) in [4.78, 5) is 12.4. The maximum atomic E-state index is 14.7. The van der Waals surface area contributed by atoms with E-state index in [9.17, 15) is 12.8 Å². The van der Waals surface area contributed by atoms with E-state index in [1.807, 2.05) is 24.1 Å². The van der Waals surface area contributed by atoms with Gasteiger partial charge in [0, 0.05) is 50.1 Å². The number of halogens is 1. The minimum Gasteiger partial charge on any atom is -0.379 e. The van der Waals surface area contributed by atoms with Crippen molar-refractivity contribution in [1.82, 2.24) is 14.9 Å². The molecule has 5 rings (SSSR count). The van der Waals surface area contributed by atoms with Crippen LogP contribution in [-0.2, 0) is 10.0 Å². The van der Waals surface area contributed by atoms with Crippen LogP contribution in [0.25, 0.3) is 5.57 Å². The van der Waals surface area contributed by atoms with E-state index in [0.717, 1.165) is 36.1 Å². The number of allylic oxidation sites excluding steroid dienone is 1. The molecule has 1 fully saturated rings. The Morgan fingerprint density at radius 1 is 1.18 bits per heavy atom. The maximum absolute atomic E-state index is 14.7. The summed E-state index contributed by atoms with van der Waals surface area (Å²) in [7, 11) is -2.01. The molecule has 3 aromatic rings. The zero-order valence-corrected chi connectivity index (χ0v) is 21.4. The third-order valence-electron chi connectivity index (χ3n) is 6.47. The van der Waals surface area contributed by atoms with Gasteiger partial charge in [0.1, 0.15) is 4.90 Å². The summed E-state index contributed by atoms with van der Waals surface area (Å²) in [6.45, 7) is 3.44. The molecule has 0 aliphatic carbocycles. The van der Waals surface area contributed by atoms with Gasteiger partial charge in [-0.2, -0.15) is 10.2 Å². The summed E-state index contributed by atoms with van der Waals surface area (Å²) in [5.41, 5.74) is 3.92. The van der Waals surface area contributed by atoms with E-state index in [4.69, 9.17) is 10.4 Å². The first kappa shape index (κ1) is 25.4. The number of primary sulfonamides is 1. The van der Waals surface area contributed by atoms with Gasteiger partial charge < -0.3 is 25.8 Å². The van der Waals surface area contributed by atoms with Gasteiger partial charge in [0.2, 0.25) is 16.0 Å². The molecule has 1 aromatic heterocycles. The quantitative estimate of drug-likeness (QED) is 0.347. The van der Waals surface area contributed by atoms with Crippen LogP contribution in [0.2, 0.25) is 0 Å². The summed E-state index contributed by atoms with van der Waals surface area (Å²) in [5, 5.41) is 23.7. The second kappa shape index (κ2) is 10.3. The Bertz CT molecular complexity index is 1560. The van der Waals surface area contributed by atoms with Crippen molar-refractivity contribution in [2.75, 3.05) is 60.6 Å². The second-order valence-electron chi connectivity index (χ2n) is 9.04. The minimum atomic E-state index is -4.02. The van der Waals surface area contributed by atoms with Crippen LogP contribution in [-0.4, -0.2) is 63.1 Å². The lowest BCUT2D eigenvalue weighted by molar-refractivity contribution is 0.312. The molecule has 38 heavy (non-hydrogen) atoms. The van der Waals surface area contributed by atoms with Crippen LogP contribution < -0.4 is 26.0 Å². The molecule has 0 spiro atoms. The van der Waals surface area contributed by atoms with Gasteiger partial charge in [0.15, 0.2) is 11.6 Å². The zero-order valence-electron chi connectivity index (χ0n) is 20.6. The van der Waals surface area contributed by atoms with E-state index in [2.05, 4.69) is 30.8 Å². The smallest absolute Gasteiger partial charge is 0.240 e. The average molecular weight is 536 g/mol. The summed E-state index contributed by atoms with van der Waals surface area (Å²) >= 11 is 0. The number of aromatic nitrogens is 2. The molecule has 196 valence electrons. The van der Waals surface area contributed by atoms with E-state index in [1.165, 1.54) is 12.1 Å². The van der Waals surface area contributed by atoms with Crippen molar-refractivity contribution in [3.8, 4) is 6.07 Å². The van der Waals surface area contributed by atoms with Crippen LogP contribution in [0.4, 0.5) is 38.9 Å². The van der Waals surface area contributed by atoms with Crippen molar-refractivity contribution in [2.45, 2.75) is 4.90 Å². The number of likely N-dealkylation sites (N-methyl/N-ethyl adjacent to an activating group) is 1. The van der Waals surface area contributed by atoms with Crippen molar-refractivity contribution in [1.29, 1.82) is 5.26 Å². The number of nitriles is 1. The molecule has 0 unspecified atom stereocenters. The van der Waals surface area contributed by atoms with Gasteiger partial charge >= 0.3 is 0 Å². The number of nitrogens with zero attached hydrogens (tertiary/aromatic N) is 5. The first-order valence-electron chi connectivity index (χ1n) is 11.9. The molecule has 0 bridgehead atoms. The number of hydrogen-bond acceptors (Lipinski definition) is 10. The Kier molecular flexibility index (Phi) is 6.85. The predicted molar refractivity (Wildman–Crippen MR) is 145 cm³/mol. The van der Waals surface area contributed by atoms with Crippen LogP contribution in [0.3, 0.4) is 0 Å². The fourth-order valence-electron chi connectivity index (χ4n) is 4.50. The topological polar surface area (TPSA) is 152 Å². The van der Waals surface area contributed by atoms with Gasteiger partial charge in [-0.1, -0.05) is 12.1 Å². The van der Waals surface area contributed by atoms with Crippen LogP contribution in [0, 0.1) is 17.1 Å². The summed E-state index contributed by atoms with van der Waals surface area (Å²) in [6.07, 6.45) is 2.50. The number of rotatable bonds is 6. The molecule has 0 saturated carbocycles. The minimum absolute atomic E-state index is 0.0142. The second-order valence-corrected chi connectivity index (χ2v) is 10.6. The molecule has 5 N–H and O–H groups in total. The molecule has 0 radical (unpaired) electrons. The van der Waals surface area contributed by atoms with E-state index < -0.39 is 15.8 Å². The molecule has 13 heteroatoms. The lowest BCUT2D eigenvalue weighted by atomic mass is 10.1. The Hall–Kier alpha value is -4.25. The molecule has 2 aliphatic heterocycles. The first-order valence-corrected chi connectivity index (χ1v) is 13.4. The van der Waals surface area contributed by atoms with Gasteiger partial charge in [-0.05, 0) is 36.9 Å². The van der Waals surface area contributed by atoms with E-state index >= 15 is 0 Å². The number of nitrogens with two attached hydrogens (primary N) is 1. The highest BCUT2D eigenvalue weighted by Gasteiger charge is 2.23. The molecule has 11 nitrogen and oxygen atoms in total. The van der Waals surface area contributed by atoms with Crippen LogP contribution in [0.15, 0.2) is 53.6 Å². The molecule has 0 atom stereocenters. The number of anilines is 6. The summed E-state index contributed by atoms with van der Waals surface area (Å²) in [5.74, 6) is -0.682. The molecule has 1 saturated heterocycles. The van der Waals surface area contributed by atoms with Gasteiger partial charge in [0.05, 0.1) is 29.3 Å². The number of piperazine rings is 1. The largest absolute Gasteiger partial charge is 0.379 e. The lowest BCUT2D eigenvalue weighted by Gasteiger charge is -2.35. The molecular weight excluding hydrogens is 509 g/mol. The van der Waals surface area contributed by atoms with E-state index in [-0.39, 0.29) is 16.7 Å². The fraction of sp³-hybridized carbons (Fsp3) is 0.240. The van der Waals surface area contributed by atoms with E-state index in [0.29, 0.717) is 36.7 Å². The molecule has 2 aliphatic rings. The Morgan fingerprint density at radius 2 is 1.97 bits per heavy atom. The zero-order chi connectivity index (χ0) is 26.9. The van der Waals surface area contributed by atoms with Crippen molar-refractivity contribution in [3.05, 3.63) is 60.1 Å². The highest BCUT2D eigenvalue weighted by atomic mass is 32.2. The normalized spacial score (nSPS) is 16.6. The average Bonchev–Trinajstić information content (AvgIpc) is 3.30. The molecule has 3 heterocycles. The number of fused-ring (bicyclic) bond motifs is 1. The fourth-order valence-corrected chi connectivity index (χ4v) is 5.28. The number of hydrogen-bond donors (Lipinski definition) is 4. The monoisotopic (exact) mass is 535 g/mol. The van der Waals surface area contributed by atoms with Crippen LogP contribution in [0.1, 0.15) is 5.56 Å². The number of sulfonamides is 1. The molecular formula is C25H26FN9O2S. The third-order valence-corrected chi connectivity index (χ3v) is 7.41. The number of para-hydroxylation sites is 1. The van der Waals surface area contributed by atoms with Gasteiger partial charge in [-0.3, -0.25) is 0 Å². The number of benzene rings is 2. The standard InChI is InChI=1S/C25H26FN9O2S/c1-34-9-11-35(12-10-34)21-6-5-17(13-22(21)38(28,36)37)31-25-30-15-19(26)24(33-25)32-20-4-2-3-18-16(7-8-27)14-29-23(18)20/h2-7,13,15,29H,9-12,14H2,1H3,(H2,28,36,37)(H2,30,31,32,33). The van der Waals surface area contributed by atoms with Crippen molar-refractivity contribution < 1.29 is 12.8 Å². The SMILES string of the molecule is CN1CCN(c2ccc(Nc3ncc(F)c(Nc4cccc5c4NCC5=CC#N)n3)cc2S(N)(=O)=O)CC1. The Labute approximate surface area is 219 Å². The maximum Gasteiger partial charge on any atom is 0.240 e. The van der Waals surface area contributed by atoms with Gasteiger partial charge in [-0.15, -0.1) is 0 Å². The van der Waals surface area contributed by atoms with Crippen LogP contribution >= 0.6 is 0 Å². The highest BCUT2D eigenvalue weighted by molar-refractivity contribution is 7.89. The molecule has 0 amide bonds. The molecule has 2 aromatic carbocycles. The van der Waals surface area contributed by atoms with Crippen molar-refractivity contribution in [2.24, 2.45) is 5.14 Å². The Balaban J connectivity index is 1.41. The summed E-state index contributed by atoms with van der Waals surface area (Å²) in [6, 6.07) is 12.3. The van der Waals surface area contributed by atoms with Gasteiger partial charge in [-0.25, -0.2) is 22.9 Å². The highest BCUT2D eigenvalue weighted by Crippen LogP contribution is 2.38. The predicted octanol–water partition coefficient (Wildman–Crippen LogP) is 2.83. The van der Waals surface area contributed by atoms with Crippen molar-refractivity contribution >= 4 is 50.1 Å². The van der Waals surface area contributed by atoms with Crippen LogP contribution in [0.5, 0.6) is 0 Å². The summed E-state index contributed by atoms with van der Waals surface area (Å²) < 4.78 is 39.5. The number of nitrogens with one attached hydrogen (secondary N) is 3. The van der Waals surface area contributed by atoms with Gasteiger partial charge in [0.25, 0.3) is 0 Å².